The van der Waals surface area contributed by atoms with Crippen LogP contribution in [0.15, 0.2) is 42.5 Å². The molecular weight excluding hydrogens is 358 g/mol. The molecule has 0 aliphatic rings. The van der Waals surface area contributed by atoms with Crippen molar-refractivity contribution >= 4 is 17.7 Å². The van der Waals surface area contributed by atoms with Crippen LogP contribution >= 0.6 is 0 Å². The maximum atomic E-state index is 12.4. The number of benzene rings is 2. The lowest BCUT2D eigenvalue weighted by atomic mass is 10.2. The summed E-state index contributed by atoms with van der Waals surface area (Å²) in [6.07, 6.45) is 3.90. The number of ether oxygens (including phenoxy) is 4. The van der Waals surface area contributed by atoms with E-state index in [9.17, 15) is 4.79 Å². The van der Waals surface area contributed by atoms with E-state index in [1.54, 1.807) is 31.4 Å². The van der Waals surface area contributed by atoms with E-state index in [4.69, 9.17) is 18.9 Å². The number of methoxy groups -OCH3 is 1. The highest BCUT2D eigenvalue weighted by Gasteiger charge is 2.12. The van der Waals surface area contributed by atoms with Crippen LogP contribution in [0.25, 0.3) is 6.08 Å². The van der Waals surface area contributed by atoms with Gasteiger partial charge in [0, 0.05) is 6.07 Å². The molecule has 1 amide bonds. The summed E-state index contributed by atoms with van der Waals surface area (Å²) in [5.41, 5.74) is 1.53. The molecular formula is C22H27NO5. The van der Waals surface area contributed by atoms with Crippen molar-refractivity contribution < 1.29 is 23.7 Å². The summed E-state index contributed by atoms with van der Waals surface area (Å²) in [5.74, 6) is 1.99. The Labute approximate surface area is 166 Å². The third-order valence-electron chi connectivity index (χ3n) is 3.74. The van der Waals surface area contributed by atoms with Gasteiger partial charge in [0.15, 0.2) is 18.1 Å². The Kier molecular flexibility index (Phi) is 8.21. The number of hydrogen-bond acceptors (Lipinski definition) is 5. The smallest absolute Gasteiger partial charge is 0.262 e. The van der Waals surface area contributed by atoms with Gasteiger partial charge >= 0.3 is 0 Å². The maximum absolute atomic E-state index is 12.4. The summed E-state index contributed by atoms with van der Waals surface area (Å²) < 4.78 is 22.0. The van der Waals surface area contributed by atoms with Gasteiger partial charge in [0.2, 0.25) is 0 Å². The average molecular weight is 385 g/mol. The molecule has 2 aromatic rings. The number of anilines is 1. The third kappa shape index (κ3) is 5.94. The van der Waals surface area contributed by atoms with Crippen LogP contribution in [0.2, 0.25) is 0 Å². The molecule has 28 heavy (non-hydrogen) atoms. The highest BCUT2D eigenvalue weighted by atomic mass is 16.5. The first-order valence-electron chi connectivity index (χ1n) is 9.24. The van der Waals surface area contributed by atoms with Crippen molar-refractivity contribution in [1.82, 2.24) is 0 Å². The third-order valence-corrected chi connectivity index (χ3v) is 3.74. The molecule has 0 aliphatic heterocycles. The lowest BCUT2D eigenvalue weighted by molar-refractivity contribution is -0.118. The number of rotatable bonds is 10. The van der Waals surface area contributed by atoms with Gasteiger partial charge in [-0.05, 0) is 50.6 Å². The molecule has 0 heterocycles. The van der Waals surface area contributed by atoms with Crippen molar-refractivity contribution in [2.24, 2.45) is 0 Å². The standard InChI is InChI=1S/C22H27NO5/c1-5-8-16-9-11-20(21(13-16)25-4)28-15-22(24)23-18-14-17(26-6-2)10-12-19(18)27-7-3/h5,8-14H,6-7,15H2,1-4H3,(H,23,24)/b8-5-. The van der Waals surface area contributed by atoms with Crippen LogP contribution in [-0.2, 0) is 4.79 Å². The van der Waals surface area contributed by atoms with Crippen LogP contribution in [0.3, 0.4) is 0 Å². The van der Waals surface area contributed by atoms with E-state index in [1.165, 1.54) is 0 Å². The lowest BCUT2D eigenvalue weighted by Gasteiger charge is -2.14. The van der Waals surface area contributed by atoms with Crippen LogP contribution in [0.5, 0.6) is 23.0 Å². The first-order chi connectivity index (χ1) is 13.6. The zero-order chi connectivity index (χ0) is 20.4. The van der Waals surface area contributed by atoms with Gasteiger partial charge in [-0.25, -0.2) is 0 Å². The first kappa shape index (κ1) is 21.2. The average Bonchev–Trinajstić information content (AvgIpc) is 2.69. The summed E-state index contributed by atoms with van der Waals surface area (Å²) in [6.45, 7) is 6.59. The minimum atomic E-state index is -0.311. The summed E-state index contributed by atoms with van der Waals surface area (Å²) >= 11 is 0. The summed E-state index contributed by atoms with van der Waals surface area (Å²) in [5, 5.41) is 2.81. The molecule has 6 nitrogen and oxygen atoms in total. The van der Waals surface area contributed by atoms with E-state index in [1.807, 2.05) is 45.1 Å². The molecule has 0 radical (unpaired) electrons. The minimum absolute atomic E-state index is 0.163. The molecule has 0 atom stereocenters. The van der Waals surface area contributed by atoms with Gasteiger partial charge in [0.1, 0.15) is 11.5 Å². The van der Waals surface area contributed by atoms with E-state index in [0.717, 1.165) is 5.56 Å². The monoisotopic (exact) mass is 385 g/mol. The number of hydrogen-bond donors (Lipinski definition) is 1. The molecule has 0 saturated carbocycles. The molecule has 2 aromatic carbocycles. The van der Waals surface area contributed by atoms with Crippen LogP contribution < -0.4 is 24.3 Å². The summed E-state index contributed by atoms with van der Waals surface area (Å²) in [7, 11) is 1.56. The van der Waals surface area contributed by atoms with E-state index >= 15 is 0 Å². The lowest BCUT2D eigenvalue weighted by Crippen LogP contribution is -2.21. The Morgan fingerprint density at radius 1 is 0.964 bits per heavy atom. The summed E-state index contributed by atoms with van der Waals surface area (Å²) in [4.78, 5) is 12.4. The number of nitrogens with one attached hydrogen (secondary N) is 1. The van der Waals surface area contributed by atoms with Crippen molar-refractivity contribution in [3.8, 4) is 23.0 Å². The first-order valence-corrected chi connectivity index (χ1v) is 9.24. The highest BCUT2D eigenvalue weighted by molar-refractivity contribution is 5.93. The van der Waals surface area contributed by atoms with Gasteiger partial charge < -0.3 is 24.3 Å². The Hall–Kier alpha value is -3.15. The molecule has 0 spiro atoms. The Morgan fingerprint density at radius 2 is 1.71 bits per heavy atom. The Balaban J connectivity index is 2.07. The van der Waals surface area contributed by atoms with E-state index in [0.29, 0.717) is 41.9 Å². The molecule has 2 rings (SSSR count). The maximum Gasteiger partial charge on any atom is 0.262 e. The zero-order valence-corrected chi connectivity index (χ0v) is 16.8. The van der Waals surface area contributed by atoms with Crippen LogP contribution in [-0.4, -0.2) is 32.8 Å². The fraction of sp³-hybridized carbons (Fsp3) is 0.318. The SMILES string of the molecule is C/C=C\c1ccc(OCC(=O)Nc2cc(OCC)ccc2OCC)c(OC)c1. The molecule has 0 aliphatic carbocycles. The zero-order valence-electron chi connectivity index (χ0n) is 16.8. The van der Waals surface area contributed by atoms with Crippen molar-refractivity contribution in [3.05, 3.63) is 48.0 Å². The van der Waals surface area contributed by atoms with Gasteiger partial charge in [-0.2, -0.15) is 0 Å². The van der Waals surface area contributed by atoms with Crippen LogP contribution in [0.4, 0.5) is 5.69 Å². The van der Waals surface area contributed by atoms with Gasteiger partial charge in [0.05, 0.1) is 26.0 Å². The predicted octanol–water partition coefficient (Wildman–Crippen LogP) is 4.54. The van der Waals surface area contributed by atoms with Gasteiger partial charge in [0.25, 0.3) is 5.91 Å². The van der Waals surface area contributed by atoms with Gasteiger partial charge in [-0.15, -0.1) is 0 Å². The Bertz CT molecular complexity index is 817. The number of carbonyl (C=O) groups excluding carboxylic acids is 1. The molecule has 0 saturated heterocycles. The summed E-state index contributed by atoms with van der Waals surface area (Å²) in [6, 6.07) is 10.8. The fourth-order valence-corrected chi connectivity index (χ4v) is 2.57. The van der Waals surface area contributed by atoms with Crippen molar-refractivity contribution in [3.63, 3.8) is 0 Å². The van der Waals surface area contributed by atoms with Crippen LogP contribution in [0, 0.1) is 0 Å². The fourth-order valence-electron chi connectivity index (χ4n) is 2.57. The van der Waals surface area contributed by atoms with Crippen molar-refractivity contribution in [2.45, 2.75) is 20.8 Å². The van der Waals surface area contributed by atoms with E-state index in [-0.39, 0.29) is 12.5 Å². The van der Waals surface area contributed by atoms with Gasteiger partial charge in [-0.1, -0.05) is 18.2 Å². The second-order valence-corrected chi connectivity index (χ2v) is 5.77. The molecule has 0 bridgehead atoms. The molecule has 1 N–H and O–H groups in total. The minimum Gasteiger partial charge on any atom is -0.494 e. The van der Waals surface area contributed by atoms with E-state index in [2.05, 4.69) is 5.32 Å². The highest BCUT2D eigenvalue weighted by Crippen LogP contribution is 2.30. The normalized spacial score (nSPS) is 10.6. The molecule has 150 valence electrons. The Morgan fingerprint density at radius 3 is 2.39 bits per heavy atom. The number of amides is 1. The predicted molar refractivity (Wildman–Crippen MR) is 111 cm³/mol. The second kappa shape index (κ2) is 10.9. The number of carbonyl (C=O) groups is 1. The second-order valence-electron chi connectivity index (χ2n) is 5.77. The van der Waals surface area contributed by atoms with E-state index < -0.39 is 0 Å². The topological polar surface area (TPSA) is 66.0 Å². The van der Waals surface area contributed by atoms with Crippen molar-refractivity contribution in [1.29, 1.82) is 0 Å². The number of allylic oxidation sites excluding steroid dienone is 1. The van der Waals surface area contributed by atoms with Gasteiger partial charge in [-0.3, -0.25) is 4.79 Å². The molecule has 0 unspecified atom stereocenters. The largest absolute Gasteiger partial charge is 0.494 e. The van der Waals surface area contributed by atoms with Crippen LogP contribution in [0.1, 0.15) is 26.3 Å². The quantitative estimate of drug-likeness (QED) is 0.650. The van der Waals surface area contributed by atoms with Crippen molar-refractivity contribution in [2.75, 3.05) is 32.2 Å². The molecule has 0 fully saturated rings. The molecule has 6 heteroatoms. The molecule has 0 aromatic heterocycles.